The summed E-state index contributed by atoms with van der Waals surface area (Å²) in [6.45, 7) is 9.10. The van der Waals surface area contributed by atoms with Gasteiger partial charge in [0, 0.05) is 22.8 Å². The van der Waals surface area contributed by atoms with Crippen LogP contribution in [0.15, 0.2) is 28.7 Å². The Labute approximate surface area is 224 Å². The van der Waals surface area contributed by atoms with Gasteiger partial charge in [-0.25, -0.2) is 0 Å². The Kier molecular flexibility index (Phi) is 7.54. The fraction of sp³-hybridized carbons (Fsp3) is 0.586. The summed E-state index contributed by atoms with van der Waals surface area (Å²) in [5, 5.41) is 32.6. The first-order chi connectivity index (χ1) is 18.0. The van der Waals surface area contributed by atoms with Gasteiger partial charge in [0.25, 0.3) is 0 Å². The van der Waals surface area contributed by atoms with Crippen LogP contribution in [0.3, 0.4) is 0 Å². The number of ether oxygens (including phenoxy) is 3. The summed E-state index contributed by atoms with van der Waals surface area (Å²) >= 11 is 0. The minimum atomic E-state index is -0.995. The summed E-state index contributed by atoms with van der Waals surface area (Å²) in [7, 11) is 5.37. The number of aliphatic hydroxyl groups excluding tert-OH is 1. The van der Waals surface area contributed by atoms with Crippen molar-refractivity contribution < 1.29 is 29.2 Å². The van der Waals surface area contributed by atoms with Crippen LogP contribution in [0.5, 0.6) is 11.5 Å². The Morgan fingerprint density at radius 2 is 1.92 bits per heavy atom. The van der Waals surface area contributed by atoms with Gasteiger partial charge in [0.05, 0.1) is 43.3 Å². The number of fused-ring (bicyclic) bond motifs is 2. The summed E-state index contributed by atoms with van der Waals surface area (Å²) in [5.41, 5.74) is 2.53. The number of nitrogens with zero attached hydrogens (tertiary/aromatic N) is 3. The summed E-state index contributed by atoms with van der Waals surface area (Å²) in [5.74, 6) is 1.28. The van der Waals surface area contributed by atoms with Gasteiger partial charge >= 0.3 is 0 Å². The highest BCUT2D eigenvalue weighted by Gasteiger charge is 2.58. The second-order valence-electron chi connectivity index (χ2n) is 10.9. The molecule has 2 aliphatic heterocycles. The molecule has 38 heavy (non-hydrogen) atoms. The lowest BCUT2D eigenvalue weighted by Crippen LogP contribution is -2.63. The van der Waals surface area contributed by atoms with Crippen LogP contribution in [0, 0.1) is 30.6 Å². The molecule has 9 nitrogen and oxygen atoms in total. The number of aryl methyl sites for hydroxylation is 2. The molecule has 1 aliphatic carbocycles. The zero-order valence-corrected chi connectivity index (χ0v) is 23.6. The number of carbonyl (C=O) groups excluding carboxylic acids is 1. The number of Topliss-reactive ketones (excluding diaryl/α,β-unsaturated/α-hetero) is 1. The minimum Gasteiger partial charge on any atom is -0.504 e. The first-order valence-corrected chi connectivity index (χ1v) is 13.1. The second-order valence-corrected chi connectivity index (χ2v) is 10.9. The zero-order valence-electron chi connectivity index (χ0n) is 23.6. The van der Waals surface area contributed by atoms with E-state index >= 15 is 0 Å². The van der Waals surface area contributed by atoms with Gasteiger partial charge in [-0.2, -0.15) is 5.26 Å². The number of allylic oxidation sites excluding steroid dienone is 1. The van der Waals surface area contributed by atoms with E-state index in [-0.39, 0.29) is 24.9 Å². The largest absolute Gasteiger partial charge is 0.504 e. The predicted octanol–water partition coefficient (Wildman–Crippen LogP) is 3.48. The van der Waals surface area contributed by atoms with Crippen molar-refractivity contribution in [3.05, 3.63) is 45.4 Å². The van der Waals surface area contributed by atoms with Crippen LogP contribution in [0.25, 0.3) is 0 Å². The van der Waals surface area contributed by atoms with Crippen molar-refractivity contribution in [3.63, 3.8) is 0 Å². The highest BCUT2D eigenvalue weighted by Crippen LogP contribution is 2.55. The Bertz CT molecular complexity index is 1250. The first kappa shape index (κ1) is 28.0. The van der Waals surface area contributed by atoms with Crippen molar-refractivity contribution in [1.82, 2.24) is 9.80 Å². The molecule has 2 heterocycles. The van der Waals surface area contributed by atoms with Gasteiger partial charge in [-0.05, 0) is 65.8 Å². The molecule has 0 bridgehead atoms. The maximum atomic E-state index is 14.0. The standard InChI is InChI=1S/C29H39N3O6/c1-9-18(12-30)32-19(23(31(6)7)21-15(2)10-16(3)25(36-8)24(21)34)11-29(5)22(20(32)13-33)27-26(37-14-38-27)17(4)28(29)35/h10,18-20,23,33-34H,9,11,13-14H2,1-8H3/t18-,19+,20+,23+,29?/m1/s1. The van der Waals surface area contributed by atoms with Crippen LogP contribution >= 0.6 is 0 Å². The molecule has 2 N–H and O–H groups in total. The molecule has 0 saturated carbocycles. The highest BCUT2D eigenvalue weighted by molar-refractivity contribution is 6.04. The van der Waals surface area contributed by atoms with Crippen molar-refractivity contribution in [2.24, 2.45) is 5.41 Å². The molecule has 1 aromatic rings. The molecule has 3 aliphatic rings. The average molecular weight is 526 g/mol. The molecule has 2 fully saturated rings. The number of rotatable bonds is 7. The number of phenolic OH excluding ortho intramolecular Hbond substituents is 1. The molecule has 1 unspecified atom stereocenters. The molecule has 5 atom stereocenters. The number of carbonyl (C=O) groups is 1. The third-order valence-electron chi connectivity index (χ3n) is 8.50. The summed E-state index contributed by atoms with van der Waals surface area (Å²) < 4.78 is 17.1. The van der Waals surface area contributed by atoms with Crippen LogP contribution in [-0.2, 0) is 14.3 Å². The number of aromatic hydroxyl groups is 1. The Balaban J connectivity index is 2.01. The monoisotopic (exact) mass is 525 g/mol. The first-order valence-electron chi connectivity index (χ1n) is 13.1. The number of hydrogen-bond donors (Lipinski definition) is 2. The molecule has 2 saturated heterocycles. The molecule has 4 rings (SSSR count). The molecule has 1 aromatic carbocycles. The van der Waals surface area contributed by atoms with Crippen LogP contribution in [0.2, 0.25) is 0 Å². The zero-order chi connectivity index (χ0) is 28.1. The van der Waals surface area contributed by atoms with Gasteiger partial charge in [-0.15, -0.1) is 0 Å². The lowest BCUT2D eigenvalue weighted by Gasteiger charge is -2.55. The lowest BCUT2D eigenvalue weighted by molar-refractivity contribution is -0.128. The number of piperidine rings is 1. The van der Waals surface area contributed by atoms with E-state index in [1.807, 2.05) is 57.7 Å². The number of nitriles is 1. The third kappa shape index (κ3) is 3.98. The van der Waals surface area contributed by atoms with Crippen molar-refractivity contribution >= 4 is 5.78 Å². The number of ketones is 1. The van der Waals surface area contributed by atoms with Crippen molar-refractivity contribution in [2.75, 3.05) is 34.6 Å². The Hall–Kier alpha value is -3.06. The topological polar surface area (TPSA) is 115 Å². The fourth-order valence-electron chi connectivity index (χ4n) is 6.94. The third-order valence-corrected chi connectivity index (χ3v) is 8.50. The number of aliphatic hydroxyl groups is 1. The van der Waals surface area contributed by atoms with Gasteiger partial charge < -0.3 is 29.3 Å². The van der Waals surface area contributed by atoms with Gasteiger partial charge in [0.1, 0.15) is 0 Å². The van der Waals surface area contributed by atoms with Gasteiger partial charge in [0.15, 0.2) is 28.8 Å². The summed E-state index contributed by atoms with van der Waals surface area (Å²) in [6, 6.07) is 2.34. The minimum absolute atomic E-state index is 0.00243. The molecule has 0 aromatic heterocycles. The number of likely N-dealkylation sites (N-methyl/N-ethyl adjacent to an activating group) is 1. The molecule has 206 valence electrons. The molecular weight excluding hydrogens is 486 g/mol. The van der Waals surface area contributed by atoms with E-state index in [1.54, 1.807) is 6.92 Å². The summed E-state index contributed by atoms with van der Waals surface area (Å²) in [4.78, 5) is 18.0. The molecule has 9 heteroatoms. The number of methoxy groups -OCH3 is 1. The van der Waals surface area contributed by atoms with E-state index < -0.39 is 29.6 Å². The number of hydrogen-bond acceptors (Lipinski definition) is 9. The Morgan fingerprint density at radius 1 is 1.26 bits per heavy atom. The van der Waals surface area contributed by atoms with Crippen molar-refractivity contribution in [1.29, 1.82) is 5.26 Å². The van der Waals surface area contributed by atoms with E-state index in [9.17, 15) is 20.3 Å². The van der Waals surface area contributed by atoms with Gasteiger partial charge in [-0.3, -0.25) is 9.69 Å². The normalized spacial score (nSPS) is 26.9. The quantitative estimate of drug-likeness (QED) is 0.552. The molecule has 0 spiro atoms. The average Bonchev–Trinajstić information content (AvgIpc) is 3.35. The van der Waals surface area contributed by atoms with E-state index in [0.717, 1.165) is 11.1 Å². The van der Waals surface area contributed by atoms with Crippen LogP contribution < -0.4 is 4.74 Å². The second kappa shape index (κ2) is 10.3. The van der Waals surface area contributed by atoms with Crippen molar-refractivity contribution in [3.8, 4) is 17.6 Å². The maximum Gasteiger partial charge on any atom is 0.231 e. The fourth-order valence-corrected chi connectivity index (χ4v) is 6.94. The van der Waals surface area contributed by atoms with Crippen LogP contribution in [0.1, 0.15) is 56.3 Å². The number of likely N-dealkylation sites (tertiary alicyclic amines) is 1. The molecular formula is C29H39N3O6. The van der Waals surface area contributed by atoms with Crippen LogP contribution in [0.4, 0.5) is 0 Å². The van der Waals surface area contributed by atoms with E-state index in [4.69, 9.17) is 14.2 Å². The number of phenols is 1. The summed E-state index contributed by atoms with van der Waals surface area (Å²) in [6.07, 6.45) is 0.865. The maximum absolute atomic E-state index is 14.0. The predicted molar refractivity (Wildman–Crippen MR) is 141 cm³/mol. The lowest BCUT2D eigenvalue weighted by atomic mass is 9.61. The molecule has 0 radical (unpaired) electrons. The Morgan fingerprint density at radius 3 is 2.47 bits per heavy atom. The van der Waals surface area contributed by atoms with Gasteiger partial charge in [0.2, 0.25) is 6.79 Å². The van der Waals surface area contributed by atoms with E-state index in [1.165, 1.54) is 7.11 Å². The van der Waals surface area contributed by atoms with E-state index in [0.29, 0.717) is 46.8 Å². The highest BCUT2D eigenvalue weighted by atomic mass is 16.7. The molecule has 0 amide bonds. The van der Waals surface area contributed by atoms with E-state index in [2.05, 4.69) is 6.07 Å². The smallest absolute Gasteiger partial charge is 0.231 e. The number of benzene rings is 1. The SMILES string of the molecule is CC[C@H](C#N)N1[C@@H](CO)C2=C3OCOC3=C(C)C(=O)C2(C)C[C@H]1[C@@H](c1c(C)cc(C)c(OC)c1O)N(C)C. The van der Waals surface area contributed by atoms with Crippen molar-refractivity contribution in [2.45, 2.75) is 71.6 Å². The van der Waals surface area contributed by atoms with Crippen LogP contribution in [-0.4, -0.2) is 78.5 Å². The van der Waals surface area contributed by atoms with Gasteiger partial charge in [-0.1, -0.05) is 13.0 Å².